The van der Waals surface area contributed by atoms with Gasteiger partial charge < -0.3 is 9.80 Å². The van der Waals surface area contributed by atoms with E-state index in [2.05, 4.69) is 0 Å². The molecular formula is C8H14N4O3. The fraction of sp³-hybridized carbons (Fsp3) is 0.625. The van der Waals surface area contributed by atoms with Crippen molar-refractivity contribution in [3.8, 4) is 0 Å². The quantitative estimate of drug-likeness (QED) is 0.233. The molecule has 1 fully saturated rings. The topological polar surface area (TPSA) is 95.7 Å². The van der Waals surface area contributed by atoms with E-state index >= 15 is 0 Å². The summed E-state index contributed by atoms with van der Waals surface area (Å²) in [5, 5.41) is 0. The molecule has 15 heavy (non-hydrogen) atoms. The van der Waals surface area contributed by atoms with Gasteiger partial charge in [-0.25, -0.2) is 5.84 Å². The molecule has 1 aliphatic heterocycles. The van der Waals surface area contributed by atoms with Crippen molar-refractivity contribution >= 4 is 17.7 Å². The van der Waals surface area contributed by atoms with Crippen LogP contribution in [-0.2, 0) is 14.4 Å². The number of likely N-dealkylation sites (N-methyl/N-ethyl adjacent to an activating group) is 1. The number of hydrogen-bond acceptors (Lipinski definition) is 4. The van der Waals surface area contributed by atoms with E-state index in [-0.39, 0.29) is 0 Å². The first-order valence-corrected chi connectivity index (χ1v) is 4.55. The lowest BCUT2D eigenvalue weighted by Gasteiger charge is -2.34. The first kappa shape index (κ1) is 11.4. The lowest BCUT2D eigenvalue weighted by Crippen LogP contribution is -2.59. The van der Waals surface area contributed by atoms with Crippen LogP contribution in [0.5, 0.6) is 0 Å². The minimum absolute atomic E-state index is 0.343. The van der Waals surface area contributed by atoms with Crippen LogP contribution in [0, 0.1) is 0 Å². The highest BCUT2D eigenvalue weighted by molar-refractivity contribution is 6.35. The molecule has 0 radical (unpaired) electrons. The predicted octanol–water partition coefficient (Wildman–Crippen LogP) is -2.33. The van der Waals surface area contributed by atoms with E-state index in [4.69, 9.17) is 5.84 Å². The first-order valence-electron chi connectivity index (χ1n) is 4.55. The minimum atomic E-state index is -0.722. The number of carbonyl (C=O) groups is 3. The highest BCUT2D eigenvalue weighted by atomic mass is 16.2. The summed E-state index contributed by atoms with van der Waals surface area (Å²) in [5.41, 5.74) is 1.95. The SMILES string of the molecule is CC(C(=O)NN)N1CCN(C)C(=O)C1=O. The Morgan fingerprint density at radius 1 is 1.40 bits per heavy atom. The molecule has 1 heterocycles. The summed E-state index contributed by atoms with van der Waals surface area (Å²) in [4.78, 5) is 36.6. The Hall–Kier alpha value is -1.63. The van der Waals surface area contributed by atoms with Crippen molar-refractivity contribution in [2.45, 2.75) is 13.0 Å². The Morgan fingerprint density at radius 2 is 2.00 bits per heavy atom. The summed E-state index contributed by atoms with van der Waals surface area (Å²) in [6.07, 6.45) is 0. The maximum Gasteiger partial charge on any atom is 0.312 e. The smallest absolute Gasteiger partial charge is 0.312 e. The van der Waals surface area contributed by atoms with Crippen LogP contribution in [0.4, 0.5) is 0 Å². The van der Waals surface area contributed by atoms with E-state index in [0.29, 0.717) is 13.1 Å². The Kier molecular flexibility index (Phi) is 3.25. The lowest BCUT2D eigenvalue weighted by atomic mass is 10.2. The van der Waals surface area contributed by atoms with Gasteiger partial charge in [-0.3, -0.25) is 19.8 Å². The van der Waals surface area contributed by atoms with Crippen LogP contribution in [0.1, 0.15) is 6.92 Å². The summed E-state index contributed by atoms with van der Waals surface area (Å²) in [5.74, 6) is 3.20. The van der Waals surface area contributed by atoms with E-state index in [0.717, 1.165) is 0 Å². The molecule has 84 valence electrons. The van der Waals surface area contributed by atoms with Gasteiger partial charge in [0.2, 0.25) is 0 Å². The molecule has 0 aromatic rings. The van der Waals surface area contributed by atoms with Gasteiger partial charge in [-0.05, 0) is 6.92 Å². The standard InChI is InChI=1S/C8H14N4O3/c1-5(6(13)10-9)12-4-3-11(2)7(14)8(12)15/h5H,3-4,9H2,1-2H3,(H,10,13). The Balaban J connectivity index is 2.76. The highest BCUT2D eigenvalue weighted by Crippen LogP contribution is 2.07. The number of nitrogens with one attached hydrogen (secondary N) is 1. The molecule has 0 bridgehead atoms. The van der Waals surface area contributed by atoms with E-state index in [1.54, 1.807) is 7.05 Å². The van der Waals surface area contributed by atoms with Crippen molar-refractivity contribution < 1.29 is 14.4 Å². The van der Waals surface area contributed by atoms with Gasteiger partial charge in [0.05, 0.1) is 0 Å². The van der Waals surface area contributed by atoms with Gasteiger partial charge >= 0.3 is 11.8 Å². The molecule has 7 nitrogen and oxygen atoms in total. The van der Waals surface area contributed by atoms with Gasteiger partial charge in [-0.15, -0.1) is 0 Å². The second-order valence-corrected chi connectivity index (χ2v) is 3.41. The number of amides is 3. The van der Waals surface area contributed by atoms with Crippen LogP contribution in [0.25, 0.3) is 0 Å². The molecule has 0 aromatic heterocycles. The molecule has 1 atom stereocenters. The summed E-state index contributed by atoms with van der Waals surface area (Å²) in [6, 6.07) is -0.722. The summed E-state index contributed by atoms with van der Waals surface area (Å²) < 4.78 is 0. The zero-order valence-corrected chi connectivity index (χ0v) is 8.69. The molecule has 7 heteroatoms. The molecule has 3 amide bonds. The molecular weight excluding hydrogens is 200 g/mol. The lowest BCUT2D eigenvalue weighted by molar-refractivity contribution is -0.158. The predicted molar refractivity (Wildman–Crippen MR) is 51.1 cm³/mol. The third kappa shape index (κ3) is 2.07. The average molecular weight is 214 g/mol. The zero-order chi connectivity index (χ0) is 11.6. The highest BCUT2D eigenvalue weighted by Gasteiger charge is 2.35. The largest absolute Gasteiger partial charge is 0.336 e. The van der Waals surface area contributed by atoms with Crippen LogP contribution in [0.15, 0.2) is 0 Å². The monoisotopic (exact) mass is 214 g/mol. The molecule has 1 rings (SSSR count). The van der Waals surface area contributed by atoms with E-state index in [9.17, 15) is 14.4 Å². The molecule has 1 unspecified atom stereocenters. The summed E-state index contributed by atoms with van der Waals surface area (Å²) in [6.45, 7) is 2.29. The van der Waals surface area contributed by atoms with Gasteiger partial charge in [0, 0.05) is 20.1 Å². The van der Waals surface area contributed by atoms with Gasteiger partial charge in [-0.2, -0.15) is 0 Å². The molecule has 1 aliphatic rings. The number of rotatable bonds is 2. The van der Waals surface area contributed by atoms with Gasteiger partial charge in [-0.1, -0.05) is 0 Å². The molecule has 3 N–H and O–H groups in total. The fourth-order valence-electron chi connectivity index (χ4n) is 1.38. The Bertz CT molecular complexity index is 304. The average Bonchev–Trinajstić information content (AvgIpc) is 2.24. The van der Waals surface area contributed by atoms with E-state index in [1.807, 2.05) is 5.43 Å². The van der Waals surface area contributed by atoms with Crippen LogP contribution >= 0.6 is 0 Å². The number of hydrogen-bond donors (Lipinski definition) is 2. The maximum absolute atomic E-state index is 11.5. The number of piperazine rings is 1. The maximum atomic E-state index is 11.5. The fourth-order valence-corrected chi connectivity index (χ4v) is 1.38. The van der Waals surface area contributed by atoms with E-state index < -0.39 is 23.8 Å². The van der Waals surface area contributed by atoms with Crippen molar-refractivity contribution in [1.82, 2.24) is 15.2 Å². The third-order valence-electron chi connectivity index (χ3n) is 2.46. The number of carbonyl (C=O) groups excluding carboxylic acids is 3. The van der Waals surface area contributed by atoms with Crippen molar-refractivity contribution in [2.24, 2.45) is 5.84 Å². The Labute approximate surface area is 87.2 Å². The van der Waals surface area contributed by atoms with Crippen LogP contribution in [-0.4, -0.2) is 53.7 Å². The van der Waals surface area contributed by atoms with Gasteiger partial charge in [0.15, 0.2) is 0 Å². The molecule has 0 aliphatic carbocycles. The number of nitrogens with zero attached hydrogens (tertiary/aromatic N) is 2. The zero-order valence-electron chi connectivity index (χ0n) is 8.69. The van der Waals surface area contributed by atoms with Crippen molar-refractivity contribution in [3.05, 3.63) is 0 Å². The molecule has 1 saturated heterocycles. The Morgan fingerprint density at radius 3 is 2.53 bits per heavy atom. The van der Waals surface area contributed by atoms with Crippen molar-refractivity contribution in [2.75, 3.05) is 20.1 Å². The summed E-state index contributed by atoms with van der Waals surface area (Å²) in [7, 11) is 1.55. The van der Waals surface area contributed by atoms with Gasteiger partial charge in [0.25, 0.3) is 5.91 Å². The van der Waals surface area contributed by atoms with Crippen molar-refractivity contribution in [1.29, 1.82) is 0 Å². The second-order valence-electron chi connectivity index (χ2n) is 3.41. The van der Waals surface area contributed by atoms with Crippen LogP contribution in [0.2, 0.25) is 0 Å². The van der Waals surface area contributed by atoms with E-state index in [1.165, 1.54) is 16.7 Å². The third-order valence-corrected chi connectivity index (χ3v) is 2.46. The normalized spacial score (nSPS) is 19.1. The molecule has 0 spiro atoms. The number of nitrogens with two attached hydrogens (primary N) is 1. The van der Waals surface area contributed by atoms with Crippen molar-refractivity contribution in [3.63, 3.8) is 0 Å². The molecule has 0 saturated carbocycles. The van der Waals surface area contributed by atoms with Crippen LogP contribution in [0.3, 0.4) is 0 Å². The number of hydrazine groups is 1. The van der Waals surface area contributed by atoms with Gasteiger partial charge in [0.1, 0.15) is 6.04 Å². The van der Waals surface area contributed by atoms with Crippen LogP contribution < -0.4 is 11.3 Å². The second kappa shape index (κ2) is 4.26. The minimum Gasteiger partial charge on any atom is -0.336 e. The molecule has 0 aromatic carbocycles. The first-order chi connectivity index (χ1) is 6.99. The summed E-state index contributed by atoms with van der Waals surface area (Å²) >= 11 is 0.